The zero-order valence-corrected chi connectivity index (χ0v) is 13.0. The molecule has 2 unspecified atom stereocenters. The third kappa shape index (κ3) is 2.70. The molecule has 0 N–H and O–H groups in total. The van der Waals surface area contributed by atoms with Crippen molar-refractivity contribution in [2.45, 2.75) is 12.5 Å². The van der Waals surface area contributed by atoms with E-state index in [0.29, 0.717) is 23.1 Å². The minimum atomic E-state index is -0.564. The fraction of sp³-hybridized carbons (Fsp3) is 0.389. The highest BCUT2D eigenvalue weighted by Crippen LogP contribution is 2.33. The first-order chi connectivity index (χ1) is 11.1. The van der Waals surface area contributed by atoms with Gasteiger partial charge in [0.2, 0.25) is 0 Å². The van der Waals surface area contributed by atoms with E-state index in [1.165, 1.54) is 18.6 Å². The molecule has 2 aliphatic heterocycles. The Bertz CT molecular complexity index is 732. The lowest BCUT2D eigenvalue weighted by molar-refractivity contribution is 0.317. The Morgan fingerprint density at radius 3 is 2.74 bits per heavy atom. The van der Waals surface area contributed by atoms with Crippen molar-refractivity contribution in [1.82, 2.24) is 9.88 Å². The smallest absolute Gasteiger partial charge is 0.133 e. The first kappa shape index (κ1) is 14.6. The van der Waals surface area contributed by atoms with Crippen LogP contribution in [-0.4, -0.2) is 42.6 Å². The Hall–Kier alpha value is -2.01. The second-order valence-corrected chi connectivity index (χ2v) is 6.66. The van der Waals surface area contributed by atoms with Gasteiger partial charge in [-0.15, -0.1) is 0 Å². The Kier molecular flexibility index (Phi) is 3.53. The first-order valence-electron chi connectivity index (χ1n) is 7.96. The van der Waals surface area contributed by atoms with Gasteiger partial charge in [-0.2, -0.15) is 0 Å². The number of halogens is 2. The quantitative estimate of drug-likeness (QED) is 0.848. The van der Waals surface area contributed by atoms with Gasteiger partial charge in [0.05, 0.1) is 11.9 Å². The fourth-order valence-electron chi connectivity index (χ4n) is 3.86. The lowest BCUT2D eigenvalue weighted by atomic mass is 9.99. The van der Waals surface area contributed by atoms with E-state index in [2.05, 4.69) is 21.8 Å². The number of likely N-dealkylation sites (N-methyl/N-ethyl adjacent to an activating group) is 1. The summed E-state index contributed by atoms with van der Waals surface area (Å²) in [6, 6.07) is 6.20. The second kappa shape index (κ2) is 5.57. The fourth-order valence-corrected chi connectivity index (χ4v) is 3.86. The number of benzene rings is 1. The predicted molar refractivity (Wildman–Crippen MR) is 86.3 cm³/mol. The van der Waals surface area contributed by atoms with Gasteiger partial charge < -0.3 is 9.80 Å². The van der Waals surface area contributed by atoms with Crippen molar-refractivity contribution in [2.24, 2.45) is 5.92 Å². The summed E-state index contributed by atoms with van der Waals surface area (Å²) in [6.07, 6.45) is 4.72. The van der Waals surface area contributed by atoms with Crippen molar-refractivity contribution >= 4 is 5.69 Å². The molecule has 3 nitrogen and oxygen atoms in total. The number of anilines is 1. The van der Waals surface area contributed by atoms with Gasteiger partial charge in [-0.3, -0.25) is 4.98 Å². The topological polar surface area (TPSA) is 19.4 Å². The molecule has 2 atom stereocenters. The maximum absolute atomic E-state index is 14.0. The first-order valence-corrected chi connectivity index (χ1v) is 7.96. The van der Waals surface area contributed by atoms with Crippen LogP contribution in [0.25, 0.3) is 11.1 Å². The van der Waals surface area contributed by atoms with E-state index in [-0.39, 0.29) is 0 Å². The number of nitrogens with zero attached hydrogens (tertiary/aromatic N) is 3. The summed E-state index contributed by atoms with van der Waals surface area (Å²) in [4.78, 5) is 9.03. The number of aromatic nitrogens is 1. The molecule has 1 aromatic carbocycles. The van der Waals surface area contributed by atoms with E-state index in [1.54, 1.807) is 6.20 Å². The molecule has 0 radical (unpaired) electrons. The summed E-state index contributed by atoms with van der Waals surface area (Å²) in [7, 11) is 2.18. The maximum Gasteiger partial charge on any atom is 0.133 e. The Morgan fingerprint density at radius 2 is 1.96 bits per heavy atom. The number of likely N-dealkylation sites (tertiary alicyclic amines) is 1. The summed E-state index contributed by atoms with van der Waals surface area (Å²) in [5.41, 5.74) is 2.08. The molecule has 0 spiro atoms. The van der Waals surface area contributed by atoms with Crippen LogP contribution >= 0.6 is 0 Å². The third-order valence-electron chi connectivity index (χ3n) is 5.02. The van der Waals surface area contributed by atoms with Crippen LogP contribution in [0.15, 0.2) is 36.7 Å². The van der Waals surface area contributed by atoms with Crippen LogP contribution in [0.5, 0.6) is 0 Å². The van der Waals surface area contributed by atoms with Crippen LogP contribution in [-0.2, 0) is 0 Å². The van der Waals surface area contributed by atoms with Crippen molar-refractivity contribution in [1.29, 1.82) is 0 Å². The molecule has 2 aliphatic rings. The molecule has 2 saturated heterocycles. The van der Waals surface area contributed by atoms with E-state index < -0.39 is 11.6 Å². The zero-order chi connectivity index (χ0) is 16.0. The minimum Gasteiger partial charge on any atom is -0.368 e. The summed E-state index contributed by atoms with van der Waals surface area (Å²) in [6.45, 7) is 3.13. The van der Waals surface area contributed by atoms with Gasteiger partial charge in [-0.05, 0) is 37.6 Å². The Morgan fingerprint density at radius 1 is 1.09 bits per heavy atom. The number of hydrogen-bond donors (Lipinski definition) is 0. The van der Waals surface area contributed by atoms with Crippen LogP contribution in [0.1, 0.15) is 6.42 Å². The molecule has 3 heterocycles. The van der Waals surface area contributed by atoms with E-state index in [4.69, 9.17) is 0 Å². The van der Waals surface area contributed by atoms with Crippen LogP contribution in [0.4, 0.5) is 14.5 Å². The summed E-state index contributed by atoms with van der Waals surface area (Å²) < 4.78 is 27.1. The van der Waals surface area contributed by atoms with Crippen LogP contribution in [0.3, 0.4) is 0 Å². The van der Waals surface area contributed by atoms with Gasteiger partial charge in [-0.1, -0.05) is 0 Å². The molecule has 23 heavy (non-hydrogen) atoms. The molecular weight excluding hydrogens is 296 g/mol. The number of pyridine rings is 1. The number of rotatable bonds is 2. The van der Waals surface area contributed by atoms with Gasteiger partial charge in [-0.25, -0.2) is 8.78 Å². The lowest BCUT2D eigenvalue weighted by Gasteiger charge is -2.33. The van der Waals surface area contributed by atoms with Crippen LogP contribution in [0, 0.1) is 17.6 Å². The van der Waals surface area contributed by atoms with E-state index >= 15 is 0 Å². The number of hydrogen-bond acceptors (Lipinski definition) is 3. The zero-order valence-electron chi connectivity index (χ0n) is 13.0. The molecule has 2 fully saturated rings. The van der Waals surface area contributed by atoms with Crippen molar-refractivity contribution in [2.75, 3.05) is 31.6 Å². The highest BCUT2D eigenvalue weighted by Gasteiger charge is 2.36. The van der Waals surface area contributed by atoms with Crippen LogP contribution < -0.4 is 4.90 Å². The molecule has 2 bridgehead atoms. The highest BCUT2D eigenvalue weighted by molar-refractivity contribution is 5.67. The number of fused-ring (bicyclic) bond motifs is 2. The maximum atomic E-state index is 14.0. The van der Waals surface area contributed by atoms with Crippen molar-refractivity contribution in [3.05, 3.63) is 48.3 Å². The largest absolute Gasteiger partial charge is 0.368 e. The molecule has 1 aromatic heterocycles. The summed E-state index contributed by atoms with van der Waals surface area (Å²) in [5.74, 6) is -0.432. The second-order valence-electron chi connectivity index (χ2n) is 6.66. The van der Waals surface area contributed by atoms with Gasteiger partial charge in [0, 0.05) is 49.1 Å². The van der Waals surface area contributed by atoms with E-state index in [9.17, 15) is 8.78 Å². The van der Waals surface area contributed by atoms with Crippen molar-refractivity contribution in [3.8, 4) is 11.1 Å². The van der Waals surface area contributed by atoms with Gasteiger partial charge in [0.25, 0.3) is 0 Å². The minimum absolute atomic E-state index is 0.387. The average Bonchev–Trinajstić information content (AvgIpc) is 2.79. The molecule has 2 aromatic rings. The lowest BCUT2D eigenvalue weighted by Crippen LogP contribution is -2.41. The summed E-state index contributed by atoms with van der Waals surface area (Å²) in [5, 5.41) is 0. The molecular formula is C18H19F2N3. The molecule has 5 heteroatoms. The Balaban J connectivity index is 1.64. The summed E-state index contributed by atoms with van der Waals surface area (Å²) >= 11 is 0. The van der Waals surface area contributed by atoms with Crippen LogP contribution in [0.2, 0.25) is 0 Å². The predicted octanol–water partition coefficient (Wildman–Crippen LogP) is 3.17. The molecule has 4 rings (SSSR count). The van der Waals surface area contributed by atoms with Crippen molar-refractivity contribution < 1.29 is 8.78 Å². The normalized spacial score (nSPS) is 24.2. The van der Waals surface area contributed by atoms with Gasteiger partial charge in [0.15, 0.2) is 0 Å². The SMILES string of the molecule is CN1CC2CC1CN(c1cncc(-c3ccc(F)cc3F)c1)C2. The van der Waals surface area contributed by atoms with E-state index in [0.717, 1.165) is 31.4 Å². The highest BCUT2D eigenvalue weighted by atomic mass is 19.1. The molecule has 0 saturated carbocycles. The van der Waals surface area contributed by atoms with Crippen molar-refractivity contribution in [3.63, 3.8) is 0 Å². The Labute approximate surface area is 134 Å². The standard InChI is InChI=1S/C18H19F2N3/c1-22-9-12-4-16(22)11-23(10-12)15-5-13(7-21-8-15)17-3-2-14(19)6-18(17)20/h2-3,5-8,12,16H,4,9-11H2,1H3. The number of piperidine rings is 1. The monoisotopic (exact) mass is 315 g/mol. The van der Waals surface area contributed by atoms with Gasteiger partial charge in [0.1, 0.15) is 11.6 Å². The molecule has 0 aliphatic carbocycles. The third-order valence-corrected chi connectivity index (χ3v) is 5.02. The molecule has 120 valence electrons. The van der Waals surface area contributed by atoms with Gasteiger partial charge >= 0.3 is 0 Å². The average molecular weight is 315 g/mol. The molecule has 0 amide bonds. The van der Waals surface area contributed by atoms with E-state index in [1.807, 2.05) is 12.3 Å².